The van der Waals surface area contributed by atoms with Crippen LogP contribution in [-0.4, -0.2) is 19.8 Å². The molecule has 0 atom stereocenters. The second-order valence-corrected chi connectivity index (χ2v) is 4.92. The number of nitrogens with zero attached hydrogens (tertiary/aromatic N) is 1. The summed E-state index contributed by atoms with van der Waals surface area (Å²) in [4.78, 5) is 2.91. The molecule has 0 amide bonds. The number of aromatic nitrogens is 1. The molecule has 1 heterocycles. The first-order chi connectivity index (χ1) is 8.95. The number of hydrogen-bond donors (Lipinski definition) is 2. The molecule has 6 nitrogen and oxygen atoms in total. The molecule has 0 unspecified atom stereocenters. The number of halogens is 5. The molecular weight excluding hydrogens is 313 g/mol. The summed E-state index contributed by atoms with van der Waals surface area (Å²) in [5.41, 5.74) is 3.40. The number of pyridine rings is 1. The van der Waals surface area contributed by atoms with Crippen LogP contribution in [0.25, 0.3) is 0 Å². The van der Waals surface area contributed by atoms with Crippen molar-refractivity contribution in [2.24, 2.45) is 10.9 Å². The molecule has 0 radical (unpaired) electrons. The molecular formula is C8H8F5N3O3S. The normalized spacial score (nSPS) is 12.8. The number of hydrogen-bond acceptors (Lipinski definition) is 5. The molecule has 0 saturated carbocycles. The average molecular weight is 321 g/mol. The van der Waals surface area contributed by atoms with Gasteiger partial charge in [0, 0.05) is 12.1 Å². The molecule has 0 saturated heterocycles. The third-order valence-electron chi connectivity index (χ3n) is 1.99. The number of rotatable bonds is 4. The van der Waals surface area contributed by atoms with Crippen LogP contribution >= 0.6 is 0 Å². The van der Waals surface area contributed by atoms with Crippen LogP contribution in [-0.2, 0) is 16.6 Å². The zero-order chi connectivity index (χ0) is 15.7. The summed E-state index contributed by atoms with van der Waals surface area (Å²) in [7, 11) is -4.76. The molecule has 1 rings (SSSR count). The minimum atomic E-state index is -5.20. The molecule has 0 aliphatic heterocycles. The van der Waals surface area contributed by atoms with Gasteiger partial charge in [-0.05, 0) is 6.07 Å². The molecule has 0 bridgehead atoms. The van der Waals surface area contributed by atoms with Gasteiger partial charge in [-0.25, -0.2) is 22.3 Å². The van der Waals surface area contributed by atoms with Crippen molar-refractivity contribution in [1.82, 2.24) is 4.98 Å². The van der Waals surface area contributed by atoms with E-state index in [9.17, 15) is 30.4 Å². The fraction of sp³-hybridized carbons (Fsp3) is 0.375. The number of primary sulfonamides is 1. The van der Waals surface area contributed by atoms with Crippen molar-refractivity contribution in [3.8, 4) is 5.88 Å². The van der Waals surface area contributed by atoms with Gasteiger partial charge in [0.1, 0.15) is 0 Å². The lowest BCUT2D eigenvalue weighted by atomic mass is 10.2. The summed E-state index contributed by atoms with van der Waals surface area (Å²) in [5, 5.41) is 3.23. The summed E-state index contributed by atoms with van der Waals surface area (Å²) in [5.74, 6) is -1.24. The fourth-order valence-corrected chi connectivity index (χ4v) is 1.95. The molecule has 1 aromatic heterocycles. The van der Waals surface area contributed by atoms with E-state index in [1.165, 1.54) is 0 Å². The van der Waals surface area contributed by atoms with Gasteiger partial charge in [0.25, 0.3) is 16.4 Å². The quantitative estimate of drug-likeness (QED) is 0.805. The minimum absolute atomic E-state index is 0.457. The first-order valence-electron chi connectivity index (χ1n) is 4.76. The summed E-state index contributed by atoms with van der Waals surface area (Å²) in [6, 6.07) is 0.457. The Morgan fingerprint density at radius 1 is 1.35 bits per heavy atom. The van der Waals surface area contributed by atoms with Crippen molar-refractivity contribution in [1.29, 1.82) is 0 Å². The third kappa shape index (κ3) is 3.98. The Morgan fingerprint density at radius 3 is 2.25 bits per heavy atom. The second-order valence-electron chi connectivity index (χ2n) is 3.44. The van der Waals surface area contributed by atoms with Crippen molar-refractivity contribution in [2.75, 3.05) is 0 Å². The van der Waals surface area contributed by atoms with Gasteiger partial charge >= 0.3 is 6.36 Å². The van der Waals surface area contributed by atoms with E-state index in [-0.39, 0.29) is 0 Å². The van der Waals surface area contributed by atoms with Crippen LogP contribution in [0.2, 0.25) is 0 Å². The zero-order valence-electron chi connectivity index (χ0n) is 9.49. The lowest BCUT2D eigenvalue weighted by molar-refractivity contribution is -0.276. The molecule has 1 aromatic rings. The van der Waals surface area contributed by atoms with Gasteiger partial charge in [-0.1, -0.05) is 0 Å². The van der Waals surface area contributed by atoms with Crippen LogP contribution in [0.5, 0.6) is 5.88 Å². The molecule has 0 aliphatic carbocycles. The van der Waals surface area contributed by atoms with Gasteiger partial charge in [0.05, 0.1) is 5.56 Å². The highest BCUT2D eigenvalue weighted by molar-refractivity contribution is 7.89. The summed E-state index contributed by atoms with van der Waals surface area (Å²) in [6.07, 6.45) is -8.51. The van der Waals surface area contributed by atoms with Crippen molar-refractivity contribution < 1.29 is 35.1 Å². The topological polar surface area (TPSA) is 108 Å². The average Bonchev–Trinajstić information content (AvgIpc) is 2.24. The van der Waals surface area contributed by atoms with Crippen molar-refractivity contribution >= 4 is 10.0 Å². The second kappa shape index (κ2) is 5.46. The Kier molecular flexibility index (Phi) is 4.51. The van der Waals surface area contributed by atoms with Crippen LogP contribution in [0.4, 0.5) is 22.0 Å². The van der Waals surface area contributed by atoms with Gasteiger partial charge < -0.3 is 10.5 Å². The first-order valence-corrected chi connectivity index (χ1v) is 6.31. The Labute approximate surface area is 109 Å². The third-order valence-corrected chi connectivity index (χ3v) is 2.86. The van der Waals surface area contributed by atoms with E-state index in [2.05, 4.69) is 14.9 Å². The SMILES string of the molecule is NCc1cc(C(F)F)c(S(N)(=O)=O)nc1OC(F)(F)F. The highest BCUT2D eigenvalue weighted by Gasteiger charge is 2.34. The van der Waals surface area contributed by atoms with Gasteiger partial charge in [0.2, 0.25) is 5.88 Å². The minimum Gasteiger partial charge on any atom is -0.387 e. The van der Waals surface area contributed by atoms with Crippen molar-refractivity contribution in [2.45, 2.75) is 24.4 Å². The van der Waals surface area contributed by atoms with Crippen molar-refractivity contribution in [3.05, 3.63) is 17.2 Å². The maximum Gasteiger partial charge on any atom is 0.574 e. The summed E-state index contributed by atoms with van der Waals surface area (Å²) < 4.78 is 87.3. The Balaban J connectivity index is 3.55. The fourth-order valence-electron chi connectivity index (χ4n) is 1.27. The molecule has 12 heteroatoms. The molecule has 0 spiro atoms. The van der Waals surface area contributed by atoms with Crippen LogP contribution in [0.15, 0.2) is 11.1 Å². The van der Waals surface area contributed by atoms with Gasteiger partial charge in [0.15, 0.2) is 5.03 Å². The molecule has 0 aliphatic rings. The maximum absolute atomic E-state index is 12.7. The van der Waals surface area contributed by atoms with E-state index in [0.29, 0.717) is 6.07 Å². The van der Waals surface area contributed by atoms with E-state index in [1.807, 2.05) is 0 Å². The summed E-state index contributed by atoms with van der Waals surface area (Å²) >= 11 is 0. The molecule has 4 N–H and O–H groups in total. The van der Waals surface area contributed by atoms with Crippen LogP contribution in [0, 0.1) is 0 Å². The van der Waals surface area contributed by atoms with E-state index >= 15 is 0 Å². The number of ether oxygens (including phenoxy) is 1. The van der Waals surface area contributed by atoms with E-state index in [4.69, 9.17) is 5.73 Å². The lowest BCUT2D eigenvalue weighted by Crippen LogP contribution is -2.23. The zero-order valence-corrected chi connectivity index (χ0v) is 10.3. The molecule has 0 aromatic carbocycles. The molecule has 0 fully saturated rings. The summed E-state index contributed by atoms with van der Waals surface area (Å²) in [6.45, 7) is -0.622. The first kappa shape index (κ1) is 16.5. The maximum atomic E-state index is 12.7. The van der Waals surface area contributed by atoms with E-state index < -0.39 is 51.4 Å². The number of nitrogens with two attached hydrogens (primary N) is 2. The monoisotopic (exact) mass is 321 g/mol. The van der Waals surface area contributed by atoms with Crippen LogP contribution < -0.4 is 15.6 Å². The van der Waals surface area contributed by atoms with E-state index in [1.54, 1.807) is 0 Å². The highest BCUT2D eigenvalue weighted by atomic mass is 32.2. The van der Waals surface area contributed by atoms with E-state index in [0.717, 1.165) is 0 Å². The largest absolute Gasteiger partial charge is 0.574 e. The van der Waals surface area contributed by atoms with Crippen LogP contribution in [0.1, 0.15) is 17.6 Å². The van der Waals surface area contributed by atoms with Gasteiger partial charge in [-0.2, -0.15) is 4.98 Å². The Hall–Kier alpha value is -1.53. The van der Waals surface area contributed by atoms with Gasteiger partial charge in [-0.15, -0.1) is 13.2 Å². The Morgan fingerprint density at radius 2 is 1.90 bits per heavy atom. The van der Waals surface area contributed by atoms with Crippen LogP contribution in [0.3, 0.4) is 0 Å². The number of sulfonamides is 1. The Bertz CT molecular complexity index is 602. The van der Waals surface area contributed by atoms with Crippen molar-refractivity contribution in [3.63, 3.8) is 0 Å². The smallest absolute Gasteiger partial charge is 0.387 e. The molecule has 20 heavy (non-hydrogen) atoms. The predicted octanol–water partition coefficient (Wildman–Crippen LogP) is 1.02. The number of alkyl halides is 5. The van der Waals surface area contributed by atoms with Gasteiger partial charge in [-0.3, -0.25) is 0 Å². The highest BCUT2D eigenvalue weighted by Crippen LogP contribution is 2.31. The standard InChI is InChI=1S/C8H8F5N3O3S/c9-5(10)4-1-3(2-14)6(19-8(11,12)13)16-7(4)20(15,17)18/h1,5H,2,14H2,(H2,15,17,18). The lowest BCUT2D eigenvalue weighted by Gasteiger charge is -2.14. The molecule has 114 valence electrons. The predicted molar refractivity (Wildman–Crippen MR) is 55.1 cm³/mol.